The van der Waals surface area contributed by atoms with Crippen molar-refractivity contribution in [3.05, 3.63) is 27.7 Å². The molecule has 2 heteroatoms. The normalized spacial score (nSPS) is 4.50. The Morgan fingerprint density at radius 2 is 0.625 bits per heavy atom. The van der Waals surface area contributed by atoms with Gasteiger partial charge in [0.25, 0.3) is 0 Å². The van der Waals surface area contributed by atoms with Crippen LogP contribution in [0.25, 0.3) is 0 Å². The molecule has 0 fully saturated rings. The molecule has 62 valence electrons. The van der Waals surface area contributed by atoms with Gasteiger partial charge in [0.2, 0.25) is 0 Å². The van der Waals surface area contributed by atoms with E-state index < -0.39 is 0 Å². The molecule has 0 saturated heterocycles. The minimum Gasteiger partial charge on any atom is -0.372 e. The molecular formula is C6H12Au2-4. The van der Waals surface area contributed by atoms with Crippen LogP contribution in [0.4, 0.5) is 0 Å². The van der Waals surface area contributed by atoms with Crippen LogP contribution in [0.1, 0.15) is 12.8 Å². The molecule has 0 amide bonds. The maximum Gasteiger partial charge on any atom is 0 e. The maximum absolute atomic E-state index is 3.38. The van der Waals surface area contributed by atoms with Gasteiger partial charge >= 0.3 is 0 Å². The number of rotatable bonds is 0. The summed E-state index contributed by atoms with van der Waals surface area (Å²) in [5.74, 6) is 0. The van der Waals surface area contributed by atoms with Crippen LogP contribution in [0.2, 0.25) is 0 Å². The SMILES string of the molecule is [Au].[Au].[CH2-]C[CH2-].[CH2-]C[CH2-]. The van der Waals surface area contributed by atoms with Gasteiger partial charge in [-0.3, -0.25) is 0 Å². The maximum atomic E-state index is 3.38. The van der Waals surface area contributed by atoms with Crippen molar-refractivity contribution in [2.75, 3.05) is 0 Å². The first-order valence-electron chi connectivity index (χ1n) is 2.00. The van der Waals surface area contributed by atoms with Gasteiger partial charge in [-0.2, -0.15) is 0 Å². The van der Waals surface area contributed by atoms with Crippen molar-refractivity contribution in [3.63, 3.8) is 0 Å². The van der Waals surface area contributed by atoms with Gasteiger partial charge in [-0.05, 0) is 0 Å². The van der Waals surface area contributed by atoms with E-state index >= 15 is 0 Å². The van der Waals surface area contributed by atoms with E-state index in [0.717, 1.165) is 12.8 Å². The zero-order valence-corrected chi connectivity index (χ0v) is 9.18. The quantitative estimate of drug-likeness (QED) is 0.370. The van der Waals surface area contributed by atoms with Crippen LogP contribution >= 0.6 is 0 Å². The number of hydrogen-bond acceptors (Lipinski definition) is 0. The summed E-state index contributed by atoms with van der Waals surface area (Å²) in [6, 6.07) is 0. The second-order valence-electron chi connectivity index (χ2n) is 0.707. The van der Waals surface area contributed by atoms with Crippen LogP contribution in [-0.2, 0) is 44.8 Å². The molecule has 0 spiro atoms. The van der Waals surface area contributed by atoms with Gasteiger partial charge < -0.3 is 40.5 Å². The Morgan fingerprint density at radius 1 is 0.625 bits per heavy atom. The Kier molecular flexibility index (Phi) is 111. The summed E-state index contributed by atoms with van der Waals surface area (Å²) in [4.78, 5) is 0. The molecule has 0 aliphatic heterocycles. The van der Waals surface area contributed by atoms with Gasteiger partial charge in [0.1, 0.15) is 0 Å². The van der Waals surface area contributed by atoms with Crippen molar-refractivity contribution < 1.29 is 44.8 Å². The Hall–Kier alpha value is 1.48. The monoisotopic (exact) mass is 478 g/mol. The predicted molar refractivity (Wildman–Crippen MR) is 30.7 cm³/mol. The fraction of sp³-hybridized carbons (Fsp3) is 0.333. The largest absolute Gasteiger partial charge is 0.372 e. The number of hydrogen-bond donors (Lipinski definition) is 0. The molecule has 0 atom stereocenters. The van der Waals surface area contributed by atoms with Crippen molar-refractivity contribution in [2.24, 2.45) is 0 Å². The molecule has 2 radical (unpaired) electrons. The molecule has 0 unspecified atom stereocenters. The van der Waals surface area contributed by atoms with Crippen molar-refractivity contribution >= 4 is 0 Å². The van der Waals surface area contributed by atoms with Gasteiger partial charge in [0.05, 0.1) is 0 Å². The van der Waals surface area contributed by atoms with Crippen molar-refractivity contribution in [1.82, 2.24) is 0 Å². The summed E-state index contributed by atoms with van der Waals surface area (Å²) in [7, 11) is 0. The van der Waals surface area contributed by atoms with E-state index in [9.17, 15) is 0 Å². The van der Waals surface area contributed by atoms with Crippen molar-refractivity contribution in [2.45, 2.75) is 12.8 Å². The molecule has 0 aromatic carbocycles. The molecule has 0 aliphatic rings. The fourth-order valence-corrected chi connectivity index (χ4v) is 0. The summed E-state index contributed by atoms with van der Waals surface area (Å²) in [6.07, 6.45) is 1.50. The molecule has 0 aromatic heterocycles. The molecular weight excluding hydrogens is 466 g/mol. The van der Waals surface area contributed by atoms with Crippen LogP contribution in [0.5, 0.6) is 0 Å². The van der Waals surface area contributed by atoms with E-state index in [2.05, 4.69) is 27.7 Å². The van der Waals surface area contributed by atoms with E-state index in [4.69, 9.17) is 0 Å². The fourth-order valence-electron chi connectivity index (χ4n) is 0. The molecule has 0 N–H and O–H groups in total. The zero-order chi connectivity index (χ0) is 5.41. The van der Waals surface area contributed by atoms with Gasteiger partial charge in [0, 0.05) is 44.8 Å². The van der Waals surface area contributed by atoms with Crippen LogP contribution in [0.3, 0.4) is 0 Å². The summed E-state index contributed by atoms with van der Waals surface area (Å²) in [5, 5.41) is 0. The molecule has 0 bridgehead atoms. The van der Waals surface area contributed by atoms with Gasteiger partial charge in [-0.25, -0.2) is 0 Å². The third-order valence-corrected chi connectivity index (χ3v) is 0. The summed E-state index contributed by atoms with van der Waals surface area (Å²) >= 11 is 0. The van der Waals surface area contributed by atoms with E-state index in [-0.39, 0.29) is 44.8 Å². The third-order valence-electron chi connectivity index (χ3n) is 0. The molecule has 0 saturated carbocycles. The molecule has 0 rings (SSSR count). The van der Waals surface area contributed by atoms with Crippen LogP contribution in [0.15, 0.2) is 0 Å². The Bertz CT molecular complexity index is 8.49. The van der Waals surface area contributed by atoms with Crippen LogP contribution in [-0.4, -0.2) is 0 Å². The Balaban J connectivity index is -0.0000000160. The summed E-state index contributed by atoms with van der Waals surface area (Å²) in [6.45, 7) is 13.5. The predicted octanol–water partition coefficient (Wildman–Crippen LogP) is 2.08. The van der Waals surface area contributed by atoms with Gasteiger partial charge in [-0.15, -0.1) is 0 Å². The van der Waals surface area contributed by atoms with Crippen molar-refractivity contribution in [3.8, 4) is 0 Å². The molecule has 0 aromatic rings. The smallest absolute Gasteiger partial charge is 0 e. The minimum atomic E-state index is 0. The summed E-state index contributed by atoms with van der Waals surface area (Å²) < 4.78 is 0. The van der Waals surface area contributed by atoms with E-state index in [0.29, 0.717) is 0 Å². The molecule has 0 aliphatic carbocycles. The summed E-state index contributed by atoms with van der Waals surface area (Å²) in [5.41, 5.74) is 0. The zero-order valence-electron chi connectivity index (χ0n) is 4.85. The Labute approximate surface area is 84.8 Å². The first-order valence-corrected chi connectivity index (χ1v) is 2.00. The molecule has 8 heavy (non-hydrogen) atoms. The second kappa shape index (κ2) is 39.2. The topological polar surface area (TPSA) is 0 Å². The first kappa shape index (κ1) is 22.7. The van der Waals surface area contributed by atoms with E-state index in [1.54, 1.807) is 0 Å². The minimum absolute atomic E-state index is 0. The average molecular weight is 478 g/mol. The van der Waals surface area contributed by atoms with Crippen LogP contribution < -0.4 is 0 Å². The third kappa shape index (κ3) is 143. The van der Waals surface area contributed by atoms with Crippen molar-refractivity contribution in [1.29, 1.82) is 0 Å². The Morgan fingerprint density at radius 3 is 0.625 bits per heavy atom. The molecule has 0 heterocycles. The van der Waals surface area contributed by atoms with Gasteiger partial charge in [-0.1, -0.05) is 0 Å². The first-order chi connectivity index (χ1) is 2.83. The van der Waals surface area contributed by atoms with Gasteiger partial charge in [0.15, 0.2) is 0 Å². The molecule has 0 nitrogen and oxygen atoms in total. The second-order valence-corrected chi connectivity index (χ2v) is 0.707. The van der Waals surface area contributed by atoms with E-state index in [1.165, 1.54) is 0 Å². The average Bonchev–Trinajstić information content (AvgIpc) is 1.39. The van der Waals surface area contributed by atoms with Crippen LogP contribution in [0, 0.1) is 27.7 Å². The van der Waals surface area contributed by atoms with E-state index in [1.807, 2.05) is 0 Å². The standard InChI is InChI=1S/2C3H6.2Au/c2*1-3-2;;/h2*1-3H2;;/q2*-2;;.